The Morgan fingerprint density at radius 3 is 2.75 bits per heavy atom. The SMILES string of the molecule is CC(F)c1cc2n(n1)CCC(C(C)C)C2O. The maximum atomic E-state index is 13.1. The van der Waals surface area contributed by atoms with Gasteiger partial charge in [0, 0.05) is 6.54 Å². The van der Waals surface area contributed by atoms with E-state index in [0.29, 0.717) is 11.6 Å². The van der Waals surface area contributed by atoms with Crippen LogP contribution in [0.3, 0.4) is 0 Å². The normalized spacial score (nSPS) is 26.9. The van der Waals surface area contributed by atoms with Crippen LogP contribution in [0.15, 0.2) is 6.07 Å². The second-order valence-corrected chi connectivity index (χ2v) is 4.97. The van der Waals surface area contributed by atoms with Gasteiger partial charge in [0.25, 0.3) is 0 Å². The summed E-state index contributed by atoms with van der Waals surface area (Å²) in [5, 5.41) is 14.4. The zero-order valence-corrected chi connectivity index (χ0v) is 10.0. The average Bonchev–Trinajstić information content (AvgIpc) is 2.62. The molecule has 1 aliphatic rings. The van der Waals surface area contributed by atoms with E-state index in [9.17, 15) is 9.50 Å². The molecule has 2 rings (SSSR count). The van der Waals surface area contributed by atoms with E-state index in [1.807, 2.05) is 0 Å². The predicted molar refractivity (Wildman–Crippen MR) is 59.7 cm³/mol. The van der Waals surface area contributed by atoms with E-state index in [1.54, 1.807) is 10.7 Å². The van der Waals surface area contributed by atoms with Crippen LogP contribution < -0.4 is 0 Å². The maximum absolute atomic E-state index is 13.1. The molecule has 16 heavy (non-hydrogen) atoms. The summed E-state index contributed by atoms with van der Waals surface area (Å²) in [6.45, 7) is 6.47. The highest BCUT2D eigenvalue weighted by atomic mass is 19.1. The zero-order chi connectivity index (χ0) is 11.9. The van der Waals surface area contributed by atoms with Crippen molar-refractivity contribution in [1.29, 1.82) is 0 Å². The van der Waals surface area contributed by atoms with Crippen LogP contribution in [0, 0.1) is 11.8 Å². The van der Waals surface area contributed by atoms with E-state index in [4.69, 9.17) is 0 Å². The number of halogens is 1. The van der Waals surface area contributed by atoms with Gasteiger partial charge in [-0.3, -0.25) is 4.68 Å². The van der Waals surface area contributed by atoms with Crippen molar-refractivity contribution in [1.82, 2.24) is 9.78 Å². The highest BCUT2D eigenvalue weighted by Gasteiger charge is 2.32. The quantitative estimate of drug-likeness (QED) is 0.841. The Morgan fingerprint density at radius 2 is 2.19 bits per heavy atom. The van der Waals surface area contributed by atoms with Gasteiger partial charge in [-0.05, 0) is 31.2 Å². The summed E-state index contributed by atoms with van der Waals surface area (Å²) in [5.41, 5.74) is 1.20. The van der Waals surface area contributed by atoms with Crippen molar-refractivity contribution in [3.8, 4) is 0 Å². The number of nitrogens with zero attached hydrogens (tertiary/aromatic N) is 2. The molecule has 0 amide bonds. The summed E-state index contributed by atoms with van der Waals surface area (Å²) in [5.74, 6) is 0.692. The van der Waals surface area contributed by atoms with Gasteiger partial charge in [-0.1, -0.05) is 13.8 Å². The van der Waals surface area contributed by atoms with E-state index in [1.165, 1.54) is 6.92 Å². The third kappa shape index (κ3) is 1.86. The summed E-state index contributed by atoms with van der Waals surface area (Å²) in [4.78, 5) is 0. The Bertz CT molecular complexity index is 373. The molecule has 0 spiro atoms. The zero-order valence-electron chi connectivity index (χ0n) is 10.0. The smallest absolute Gasteiger partial charge is 0.141 e. The standard InChI is InChI=1S/C12H19FN2O/c1-7(2)9-4-5-15-11(12(9)16)6-10(14-15)8(3)13/h6-9,12,16H,4-5H2,1-3H3. The molecule has 0 aromatic carbocycles. The minimum atomic E-state index is -1.07. The van der Waals surface area contributed by atoms with Gasteiger partial charge in [-0.15, -0.1) is 0 Å². The Hall–Kier alpha value is -0.900. The Kier molecular flexibility index (Phi) is 3.02. The van der Waals surface area contributed by atoms with Gasteiger partial charge in [0.1, 0.15) is 6.17 Å². The van der Waals surface area contributed by atoms with Crippen molar-refractivity contribution in [2.75, 3.05) is 0 Å². The maximum Gasteiger partial charge on any atom is 0.141 e. The molecule has 0 bridgehead atoms. The first-order valence-electron chi connectivity index (χ1n) is 5.90. The third-order valence-electron chi connectivity index (χ3n) is 3.48. The van der Waals surface area contributed by atoms with Crippen LogP contribution in [-0.2, 0) is 6.54 Å². The molecule has 0 radical (unpaired) electrons. The van der Waals surface area contributed by atoms with Crippen LogP contribution >= 0.6 is 0 Å². The number of rotatable bonds is 2. The lowest BCUT2D eigenvalue weighted by Gasteiger charge is -2.31. The van der Waals surface area contributed by atoms with Crippen molar-refractivity contribution in [3.05, 3.63) is 17.5 Å². The second-order valence-electron chi connectivity index (χ2n) is 4.97. The molecule has 1 aromatic rings. The Labute approximate surface area is 95.3 Å². The van der Waals surface area contributed by atoms with Crippen LogP contribution in [0.1, 0.15) is 50.9 Å². The summed E-state index contributed by atoms with van der Waals surface area (Å²) >= 11 is 0. The van der Waals surface area contributed by atoms with Crippen LogP contribution in [0.5, 0.6) is 0 Å². The van der Waals surface area contributed by atoms with Crippen LogP contribution in [0.25, 0.3) is 0 Å². The third-order valence-corrected chi connectivity index (χ3v) is 3.48. The molecule has 3 atom stereocenters. The highest BCUT2D eigenvalue weighted by Crippen LogP contribution is 2.36. The lowest BCUT2D eigenvalue weighted by atomic mass is 9.84. The minimum absolute atomic E-state index is 0.256. The molecular formula is C12H19FN2O. The lowest BCUT2D eigenvalue weighted by molar-refractivity contribution is 0.0475. The summed E-state index contributed by atoms with van der Waals surface area (Å²) in [6.07, 6.45) is -0.662. The number of alkyl halides is 1. The minimum Gasteiger partial charge on any atom is -0.387 e. The van der Waals surface area contributed by atoms with Gasteiger partial charge in [0.2, 0.25) is 0 Å². The molecule has 4 heteroatoms. The molecule has 2 heterocycles. The largest absolute Gasteiger partial charge is 0.387 e. The fourth-order valence-corrected chi connectivity index (χ4v) is 2.41. The molecule has 0 saturated heterocycles. The van der Waals surface area contributed by atoms with E-state index in [2.05, 4.69) is 18.9 Å². The second kappa shape index (κ2) is 4.17. The van der Waals surface area contributed by atoms with Gasteiger partial charge in [-0.2, -0.15) is 5.10 Å². The van der Waals surface area contributed by atoms with E-state index in [0.717, 1.165) is 18.7 Å². The van der Waals surface area contributed by atoms with Gasteiger partial charge >= 0.3 is 0 Å². The first-order valence-corrected chi connectivity index (χ1v) is 5.90. The molecule has 1 N–H and O–H groups in total. The topological polar surface area (TPSA) is 38.0 Å². The molecule has 0 saturated carbocycles. The van der Waals surface area contributed by atoms with Crippen LogP contribution in [0.4, 0.5) is 4.39 Å². The Morgan fingerprint density at radius 1 is 1.50 bits per heavy atom. The van der Waals surface area contributed by atoms with E-state index >= 15 is 0 Å². The number of hydrogen-bond acceptors (Lipinski definition) is 2. The van der Waals surface area contributed by atoms with Crippen molar-refractivity contribution in [3.63, 3.8) is 0 Å². The molecule has 3 nitrogen and oxygen atoms in total. The highest BCUT2D eigenvalue weighted by molar-refractivity contribution is 5.17. The number of fused-ring (bicyclic) bond motifs is 1. The van der Waals surface area contributed by atoms with Crippen molar-refractivity contribution < 1.29 is 9.50 Å². The summed E-state index contributed by atoms with van der Waals surface area (Å²) in [6, 6.07) is 1.70. The van der Waals surface area contributed by atoms with E-state index < -0.39 is 12.3 Å². The molecule has 3 unspecified atom stereocenters. The predicted octanol–water partition coefficient (Wildman–Crippen LogP) is 2.62. The van der Waals surface area contributed by atoms with Crippen molar-refractivity contribution in [2.24, 2.45) is 11.8 Å². The first-order chi connectivity index (χ1) is 7.50. The average molecular weight is 226 g/mol. The number of aryl methyl sites for hydroxylation is 1. The molecule has 1 aliphatic heterocycles. The summed E-state index contributed by atoms with van der Waals surface area (Å²) in [7, 11) is 0. The van der Waals surface area contributed by atoms with Crippen LogP contribution in [0.2, 0.25) is 0 Å². The molecule has 90 valence electrons. The monoisotopic (exact) mass is 226 g/mol. The molecule has 1 aromatic heterocycles. The van der Waals surface area contributed by atoms with Crippen molar-refractivity contribution in [2.45, 2.75) is 46.0 Å². The fraction of sp³-hybridized carbons (Fsp3) is 0.750. The van der Waals surface area contributed by atoms with Gasteiger partial charge in [-0.25, -0.2) is 4.39 Å². The lowest BCUT2D eigenvalue weighted by Crippen LogP contribution is -2.28. The number of aliphatic hydroxyl groups excluding tert-OH is 1. The van der Waals surface area contributed by atoms with Crippen molar-refractivity contribution >= 4 is 0 Å². The van der Waals surface area contributed by atoms with Gasteiger partial charge in [0.15, 0.2) is 0 Å². The Balaban J connectivity index is 2.30. The first kappa shape index (κ1) is 11.6. The number of aromatic nitrogens is 2. The number of aliphatic hydroxyl groups is 1. The van der Waals surface area contributed by atoms with E-state index in [-0.39, 0.29) is 5.92 Å². The summed E-state index contributed by atoms with van der Waals surface area (Å²) < 4.78 is 14.9. The van der Waals surface area contributed by atoms with Crippen LogP contribution in [-0.4, -0.2) is 14.9 Å². The van der Waals surface area contributed by atoms with Gasteiger partial charge in [0.05, 0.1) is 17.5 Å². The fourth-order valence-electron chi connectivity index (χ4n) is 2.41. The molecular weight excluding hydrogens is 207 g/mol. The van der Waals surface area contributed by atoms with Gasteiger partial charge < -0.3 is 5.11 Å². The molecule has 0 aliphatic carbocycles. The molecule has 0 fully saturated rings. The number of hydrogen-bond donors (Lipinski definition) is 1.